The molecule has 1 amide bonds. The van der Waals surface area contributed by atoms with Crippen LogP contribution in [0.1, 0.15) is 11.1 Å². The Morgan fingerprint density at radius 2 is 1.97 bits per heavy atom. The Hall–Kier alpha value is -2.78. The van der Waals surface area contributed by atoms with Crippen molar-refractivity contribution in [2.45, 2.75) is 6.92 Å². The van der Waals surface area contributed by atoms with E-state index in [0.717, 1.165) is 10.6 Å². The molecule has 1 N–H and O–H groups in total. The maximum atomic E-state index is 12.3. The number of amides is 1. The number of hydrazone groups is 1. The molecular weight excluding hydrogens is 418 g/mol. The molecule has 0 atom stereocenters. The molecule has 0 saturated carbocycles. The summed E-state index contributed by atoms with van der Waals surface area (Å²) in [6.07, 6.45) is 2.40. The number of carbonyl (C=O) groups is 1. The summed E-state index contributed by atoms with van der Waals surface area (Å²) in [5, 5.41) is 4.25. The van der Waals surface area contributed by atoms with Gasteiger partial charge in [-0.1, -0.05) is 23.7 Å². The molecule has 0 aliphatic heterocycles. The van der Waals surface area contributed by atoms with Crippen LogP contribution in [0, 0.1) is 6.92 Å². The fourth-order valence-electron chi connectivity index (χ4n) is 2.59. The largest absolute Gasteiger partial charge is 0.493 e. The maximum absolute atomic E-state index is 12.3. The molecule has 0 aliphatic rings. The number of hydrogen-bond acceptors (Lipinski definition) is 6. The Morgan fingerprint density at radius 1 is 1.24 bits per heavy atom. The average molecular weight is 440 g/mol. The normalized spacial score (nSPS) is 11.3. The predicted octanol–water partition coefficient (Wildman–Crippen LogP) is 2.58. The molecule has 0 aromatic heterocycles. The Labute approximate surface area is 175 Å². The fraction of sp³-hybridized carbons (Fsp3) is 0.263. The van der Waals surface area contributed by atoms with Gasteiger partial charge in [-0.3, -0.25) is 9.10 Å². The number of hydrogen-bond donors (Lipinski definition) is 1. The van der Waals surface area contributed by atoms with Crippen molar-refractivity contribution in [2.75, 3.05) is 31.3 Å². The van der Waals surface area contributed by atoms with Crippen molar-refractivity contribution in [1.82, 2.24) is 5.43 Å². The lowest BCUT2D eigenvalue weighted by Crippen LogP contribution is -2.39. The number of benzene rings is 2. The Balaban J connectivity index is 2.18. The molecule has 0 radical (unpaired) electrons. The van der Waals surface area contributed by atoms with Crippen molar-refractivity contribution < 1.29 is 22.7 Å². The number of halogens is 1. The quantitative estimate of drug-likeness (QED) is 0.503. The van der Waals surface area contributed by atoms with E-state index in [-0.39, 0.29) is 0 Å². The second-order valence-electron chi connectivity index (χ2n) is 6.08. The minimum atomic E-state index is -3.72. The van der Waals surface area contributed by atoms with E-state index in [1.165, 1.54) is 26.5 Å². The maximum Gasteiger partial charge on any atom is 0.260 e. The molecule has 0 saturated heterocycles. The van der Waals surface area contributed by atoms with Gasteiger partial charge >= 0.3 is 0 Å². The standard InChI is InChI=1S/C19H22ClN3O5S/c1-13-8-9-15(20)10-16(13)23(29(4,25)26)12-18(24)22-21-11-14-6-5-7-17(27-2)19(14)28-3/h5-11H,12H2,1-4H3,(H,22,24)/b21-11-. The summed E-state index contributed by atoms with van der Waals surface area (Å²) >= 11 is 5.98. The zero-order chi connectivity index (χ0) is 21.6. The first-order valence-corrected chi connectivity index (χ1v) is 10.7. The predicted molar refractivity (Wildman–Crippen MR) is 114 cm³/mol. The molecule has 156 valence electrons. The SMILES string of the molecule is COc1cccc(/C=N\NC(=O)CN(c2cc(Cl)ccc2C)S(C)(=O)=O)c1OC. The third kappa shape index (κ3) is 5.85. The number of ether oxygens (including phenoxy) is 2. The van der Waals surface area contributed by atoms with Gasteiger partial charge in [0.15, 0.2) is 11.5 Å². The number of nitrogens with one attached hydrogen (secondary N) is 1. The summed E-state index contributed by atoms with van der Waals surface area (Å²) < 4.78 is 35.9. The van der Waals surface area contributed by atoms with Gasteiger partial charge in [-0.15, -0.1) is 0 Å². The molecule has 0 spiro atoms. The van der Waals surface area contributed by atoms with Crippen LogP contribution >= 0.6 is 11.6 Å². The molecule has 2 rings (SSSR count). The van der Waals surface area contributed by atoms with E-state index in [0.29, 0.717) is 33.3 Å². The minimum absolute atomic E-state index is 0.327. The Bertz CT molecular complexity index is 1020. The van der Waals surface area contributed by atoms with Gasteiger partial charge < -0.3 is 9.47 Å². The molecule has 10 heteroatoms. The van der Waals surface area contributed by atoms with Gasteiger partial charge in [-0.05, 0) is 36.8 Å². The van der Waals surface area contributed by atoms with Crippen LogP contribution in [0.2, 0.25) is 5.02 Å². The highest BCUT2D eigenvalue weighted by molar-refractivity contribution is 7.92. The van der Waals surface area contributed by atoms with Crippen LogP contribution in [0.3, 0.4) is 0 Å². The van der Waals surface area contributed by atoms with E-state index < -0.39 is 22.5 Å². The topological polar surface area (TPSA) is 97.3 Å². The number of methoxy groups -OCH3 is 2. The molecule has 0 aliphatic carbocycles. The van der Waals surface area contributed by atoms with E-state index in [1.54, 1.807) is 37.3 Å². The minimum Gasteiger partial charge on any atom is -0.493 e. The van der Waals surface area contributed by atoms with Crippen LogP contribution in [0.5, 0.6) is 11.5 Å². The van der Waals surface area contributed by atoms with Gasteiger partial charge in [0, 0.05) is 10.6 Å². The number of para-hydroxylation sites is 1. The monoisotopic (exact) mass is 439 g/mol. The lowest BCUT2D eigenvalue weighted by atomic mass is 10.2. The third-order valence-electron chi connectivity index (χ3n) is 3.95. The number of anilines is 1. The molecule has 0 bridgehead atoms. The first-order valence-electron chi connectivity index (χ1n) is 8.44. The molecule has 0 fully saturated rings. The summed E-state index contributed by atoms with van der Waals surface area (Å²) in [7, 11) is -0.721. The first-order chi connectivity index (χ1) is 13.7. The zero-order valence-electron chi connectivity index (χ0n) is 16.5. The van der Waals surface area contributed by atoms with Gasteiger partial charge in [0.05, 0.1) is 32.4 Å². The second-order valence-corrected chi connectivity index (χ2v) is 8.42. The van der Waals surface area contributed by atoms with E-state index >= 15 is 0 Å². The number of sulfonamides is 1. The third-order valence-corrected chi connectivity index (χ3v) is 5.32. The van der Waals surface area contributed by atoms with Crippen LogP contribution in [-0.2, 0) is 14.8 Å². The van der Waals surface area contributed by atoms with Crippen molar-refractivity contribution in [1.29, 1.82) is 0 Å². The molecular formula is C19H22ClN3O5S. The van der Waals surface area contributed by atoms with Crippen molar-refractivity contribution in [3.8, 4) is 11.5 Å². The number of carbonyl (C=O) groups excluding carboxylic acids is 1. The Kier molecular flexibility index (Phi) is 7.46. The number of nitrogens with zero attached hydrogens (tertiary/aromatic N) is 2. The molecule has 0 heterocycles. The van der Waals surface area contributed by atoms with E-state index in [4.69, 9.17) is 21.1 Å². The summed E-state index contributed by atoms with van der Waals surface area (Å²) in [6.45, 7) is 1.28. The molecule has 0 unspecified atom stereocenters. The highest BCUT2D eigenvalue weighted by Crippen LogP contribution is 2.29. The van der Waals surface area contributed by atoms with Crippen molar-refractivity contribution in [2.24, 2.45) is 5.10 Å². The van der Waals surface area contributed by atoms with Crippen molar-refractivity contribution in [3.63, 3.8) is 0 Å². The highest BCUT2D eigenvalue weighted by atomic mass is 35.5. The van der Waals surface area contributed by atoms with Crippen LogP contribution < -0.4 is 19.2 Å². The van der Waals surface area contributed by atoms with E-state index in [1.807, 2.05) is 0 Å². The smallest absolute Gasteiger partial charge is 0.260 e. The fourth-order valence-corrected chi connectivity index (χ4v) is 3.66. The van der Waals surface area contributed by atoms with Crippen LogP contribution in [-0.4, -0.2) is 47.6 Å². The zero-order valence-corrected chi connectivity index (χ0v) is 18.0. The average Bonchev–Trinajstić information content (AvgIpc) is 2.67. The van der Waals surface area contributed by atoms with E-state index in [9.17, 15) is 13.2 Å². The summed E-state index contributed by atoms with van der Waals surface area (Å²) in [5.41, 5.74) is 3.89. The summed E-state index contributed by atoms with van der Waals surface area (Å²) in [5.74, 6) is 0.357. The van der Waals surface area contributed by atoms with Crippen molar-refractivity contribution in [3.05, 3.63) is 52.5 Å². The van der Waals surface area contributed by atoms with Gasteiger partial charge in [-0.2, -0.15) is 5.10 Å². The number of rotatable bonds is 8. The highest BCUT2D eigenvalue weighted by Gasteiger charge is 2.22. The molecule has 2 aromatic carbocycles. The summed E-state index contributed by atoms with van der Waals surface area (Å²) in [6, 6.07) is 10.0. The molecule has 2 aromatic rings. The molecule has 29 heavy (non-hydrogen) atoms. The van der Waals surface area contributed by atoms with Crippen LogP contribution in [0.4, 0.5) is 5.69 Å². The van der Waals surface area contributed by atoms with Crippen molar-refractivity contribution >= 4 is 39.4 Å². The molecule has 8 nitrogen and oxygen atoms in total. The lowest BCUT2D eigenvalue weighted by molar-refractivity contribution is -0.119. The van der Waals surface area contributed by atoms with Gasteiger partial charge in [-0.25, -0.2) is 13.8 Å². The summed E-state index contributed by atoms with van der Waals surface area (Å²) in [4.78, 5) is 12.3. The van der Waals surface area contributed by atoms with Gasteiger partial charge in [0.2, 0.25) is 10.0 Å². The van der Waals surface area contributed by atoms with Crippen LogP contribution in [0.25, 0.3) is 0 Å². The lowest BCUT2D eigenvalue weighted by Gasteiger charge is -2.23. The first kappa shape index (κ1) is 22.5. The van der Waals surface area contributed by atoms with Gasteiger partial charge in [0.25, 0.3) is 5.91 Å². The Morgan fingerprint density at radius 3 is 2.59 bits per heavy atom. The van der Waals surface area contributed by atoms with E-state index in [2.05, 4.69) is 10.5 Å². The number of aryl methyl sites for hydroxylation is 1. The van der Waals surface area contributed by atoms with Gasteiger partial charge in [0.1, 0.15) is 6.54 Å². The second kappa shape index (κ2) is 9.62. The van der Waals surface area contributed by atoms with Crippen LogP contribution in [0.15, 0.2) is 41.5 Å².